The first kappa shape index (κ1) is 15.6. The van der Waals surface area contributed by atoms with E-state index in [4.69, 9.17) is 9.52 Å². The SMILES string of the molecule is CCNC(=NCCc1c(C)noc1C)N1CCc2ccccc21. The Labute approximate surface area is 137 Å². The third kappa shape index (κ3) is 3.23. The minimum Gasteiger partial charge on any atom is -0.361 e. The minimum atomic E-state index is 0.726. The van der Waals surface area contributed by atoms with Gasteiger partial charge in [-0.3, -0.25) is 4.99 Å². The lowest BCUT2D eigenvalue weighted by Crippen LogP contribution is -2.40. The predicted molar refractivity (Wildman–Crippen MR) is 93.2 cm³/mol. The summed E-state index contributed by atoms with van der Waals surface area (Å²) in [4.78, 5) is 7.10. The fraction of sp³-hybridized carbons (Fsp3) is 0.444. The van der Waals surface area contributed by atoms with Crippen molar-refractivity contribution in [2.24, 2.45) is 4.99 Å². The molecular weight excluding hydrogens is 288 g/mol. The summed E-state index contributed by atoms with van der Waals surface area (Å²) in [5.41, 5.74) is 4.80. The summed E-state index contributed by atoms with van der Waals surface area (Å²) in [5.74, 6) is 1.86. The first-order valence-corrected chi connectivity index (χ1v) is 8.26. The number of anilines is 1. The van der Waals surface area contributed by atoms with Crippen LogP contribution in [0, 0.1) is 13.8 Å². The van der Waals surface area contributed by atoms with Crippen LogP contribution in [0.5, 0.6) is 0 Å². The van der Waals surface area contributed by atoms with Crippen LogP contribution in [0.3, 0.4) is 0 Å². The molecule has 0 aliphatic carbocycles. The minimum absolute atomic E-state index is 0.726. The molecule has 0 bridgehead atoms. The van der Waals surface area contributed by atoms with Crippen LogP contribution in [0.4, 0.5) is 5.69 Å². The van der Waals surface area contributed by atoms with E-state index in [0.717, 1.165) is 49.9 Å². The summed E-state index contributed by atoms with van der Waals surface area (Å²) in [5, 5.41) is 7.42. The third-order valence-corrected chi connectivity index (χ3v) is 4.28. The van der Waals surface area contributed by atoms with Crippen molar-refractivity contribution in [3.63, 3.8) is 0 Å². The second-order valence-electron chi connectivity index (χ2n) is 5.82. The summed E-state index contributed by atoms with van der Waals surface area (Å²) in [6.45, 7) is 8.62. The van der Waals surface area contributed by atoms with Gasteiger partial charge >= 0.3 is 0 Å². The van der Waals surface area contributed by atoms with Crippen LogP contribution in [-0.2, 0) is 12.8 Å². The summed E-state index contributed by atoms with van der Waals surface area (Å²) in [7, 11) is 0. The number of fused-ring (bicyclic) bond motifs is 1. The Bertz CT molecular complexity index is 685. The van der Waals surface area contributed by atoms with Crippen LogP contribution >= 0.6 is 0 Å². The number of benzene rings is 1. The molecule has 122 valence electrons. The molecule has 5 nitrogen and oxygen atoms in total. The highest BCUT2D eigenvalue weighted by Gasteiger charge is 2.22. The van der Waals surface area contributed by atoms with Crippen LogP contribution in [0.15, 0.2) is 33.8 Å². The molecule has 1 aromatic heterocycles. The van der Waals surface area contributed by atoms with Gasteiger partial charge in [0.2, 0.25) is 0 Å². The standard InChI is InChI=1S/C18H24N4O/c1-4-19-18(20-11-9-16-13(2)21-23-14(16)3)22-12-10-15-7-5-6-8-17(15)22/h5-8H,4,9-12H2,1-3H3,(H,19,20). The number of aromatic nitrogens is 1. The van der Waals surface area contributed by atoms with Gasteiger partial charge in [0, 0.05) is 30.9 Å². The molecule has 0 amide bonds. The van der Waals surface area contributed by atoms with Crippen molar-refractivity contribution in [2.45, 2.75) is 33.6 Å². The van der Waals surface area contributed by atoms with Crippen molar-refractivity contribution in [2.75, 3.05) is 24.5 Å². The molecule has 0 unspecified atom stereocenters. The second kappa shape index (κ2) is 6.86. The molecule has 3 rings (SSSR count). The Hall–Kier alpha value is -2.30. The maximum atomic E-state index is 5.22. The Morgan fingerprint density at radius 1 is 1.35 bits per heavy atom. The van der Waals surface area contributed by atoms with Crippen molar-refractivity contribution >= 4 is 11.6 Å². The number of aliphatic imine (C=N–C) groups is 1. The fourth-order valence-electron chi connectivity index (χ4n) is 3.09. The van der Waals surface area contributed by atoms with Gasteiger partial charge in [0.05, 0.1) is 5.69 Å². The van der Waals surface area contributed by atoms with Crippen molar-refractivity contribution in [1.29, 1.82) is 0 Å². The van der Waals surface area contributed by atoms with Gasteiger partial charge in [-0.2, -0.15) is 0 Å². The number of nitrogens with one attached hydrogen (secondary N) is 1. The number of nitrogens with zero attached hydrogens (tertiary/aromatic N) is 3. The molecule has 5 heteroatoms. The monoisotopic (exact) mass is 312 g/mol. The Balaban J connectivity index is 1.74. The van der Waals surface area contributed by atoms with E-state index in [1.807, 2.05) is 13.8 Å². The number of hydrogen-bond donors (Lipinski definition) is 1. The highest BCUT2D eigenvalue weighted by molar-refractivity contribution is 5.97. The number of aryl methyl sites for hydroxylation is 2. The van der Waals surface area contributed by atoms with E-state index >= 15 is 0 Å². The number of guanidine groups is 1. The first-order chi connectivity index (χ1) is 11.2. The second-order valence-corrected chi connectivity index (χ2v) is 5.82. The van der Waals surface area contributed by atoms with Gasteiger partial charge in [-0.15, -0.1) is 0 Å². The molecule has 0 fully saturated rings. The fourth-order valence-corrected chi connectivity index (χ4v) is 3.09. The summed E-state index contributed by atoms with van der Waals surface area (Å²) in [6.07, 6.45) is 1.93. The molecule has 0 radical (unpaired) electrons. The van der Waals surface area contributed by atoms with E-state index in [9.17, 15) is 0 Å². The molecule has 0 atom stereocenters. The van der Waals surface area contributed by atoms with Crippen LogP contribution in [0.1, 0.15) is 29.5 Å². The predicted octanol–water partition coefficient (Wildman–Crippen LogP) is 2.86. The Morgan fingerprint density at radius 3 is 2.91 bits per heavy atom. The number of hydrogen-bond acceptors (Lipinski definition) is 3. The smallest absolute Gasteiger partial charge is 0.198 e. The molecule has 1 aliphatic rings. The lowest BCUT2D eigenvalue weighted by atomic mass is 10.1. The zero-order chi connectivity index (χ0) is 16.2. The zero-order valence-electron chi connectivity index (χ0n) is 14.1. The highest BCUT2D eigenvalue weighted by Crippen LogP contribution is 2.27. The van der Waals surface area contributed by atoms with E-state index in [1.165, 1.54) is 16.8 Å². The molecule has 1 aromatic carbocycles. The molecule has 2 aromatic rings. The van der Waals surface area contributed by atoms with Gasteiger partial charge in [0.15, 0.2) is 5.96 Å². The lowest BCUT2D eigenvalue weighted by Gasteiger charge is -2.22. The van der Waals surface area contributed by atoms with E-state index in [1.54, 1.807) is 0 Å². The first-order valence-electron chi connectivity index (χ1n) is 8.26. The highest BCUT2D eigenvalue weighted by atomic mass is 16.5. The van der Waals surface area contributed by atoms with Crippen molar-refractivity contribution < 1.29 is 4.52 Å². The van der Waals surface area contributed by atoms with Crippen LogP contribution in [0.25, 0.3) is 0 Å². The number of rotatable bonds is 4. The maximum Gasteiger partial charge on any atom is 0.198 e. The lowest BCUT2D eigenvalue weighted by molar-refractivity contribution is 0.392. The summed E-state index contributed by atoms with van der Waals surface area (Å²) < 4.78 is 5.22. The zero-order valence-corrected chi connectivity index (χ0v) is 14.1. The van der Waals surface area contributed by atoms with Crippen molar-refractivity contribution in [3.05, 3.63) is 46.8 Å². The van der Waals surface area contributed by atoms with Crippen molar-refractivity contribution in [3.8, 4) is 0 Å². The van der Waals surface area contributed by atoms with E-state index in [-0.39, 0.29) is 0 Å². The molecule has 1 aliphatic heterocycles. The van der Waals surface area contributed by atoms with Gasteiger partial charge < -0.3 is 14.7 Å². The van der Waals surface area contributed by atoms with Gasteiger partial charge in [0.1, 0.15) is 5.76 Å². The van der Waals surface area contributed by atoms with Gasteiger partial charge in [0.25, 0.3) is 0 Å². The molecule has 2 heterocycles. The average Bonchev–Trinajstić information content (AvgIpc) is 3.12. The molecule has 23 heavy (non-hydrogen) atoms. The molecule has 0 saturated heterocycles. The van der Waals surface area contributed by atoms with Gasteiger partial charge in [-0.1, -0.05) is 23.4 Å². The Kier molecular flexibility index (Phi) is 4.65. The maximum absolute atomic E-state index is 5.22. The van der Waals surface area contributed by atoms with Gasteiger partial charge in [-0.25, -0.2) is 0 Å². The normalized spacial score (nSPS) is 14.2. The quantitative estimate of drug-likeness (QED) is 0.697. The van der Waals surface area contributed by atoms with Crippen LogP contribution < -0.4 is 10.2 Å². The van der Waals surface area contributed by atoms with E-state index in [0.29, 0.717) is 0 Å². The van der Waals surface area contributed by atoms with Crippen molar-refractivity contribution in [1.82, 2.24) is 10.5 Å². The van der Waals surface area contributed by atoms with Crippen LogP contribution in [0.2, 0.25) is 0 Å². The Morgan fingerprint density at radius 2 is 2.17 bits per heavy atom. The topological polar surface area (TPSA) is 53.7 Å². The summed E-state index contributed by atoms with van der Waals surface area (Å²) >= 11 is 0. The van der Waals surface area contributed by atoms with Gasteiger partial charge in [-0.05, 0) is 45.2 Å². The largest absolute Gasteiger partial charge is 0.361 e. The number of para-hydroxylation sites is 1. The molecule has 0 saturated carbocycles. The average molecular weight is 312 g/mol. The summed E-state index contributed by atoms with van der Waals surface area (Å²) in [6, 6.07) is 8.56. The van der Waals surface area contributed by atoms with E-state index < -0.39 is 0 Å². The third-order valence-electron chi connectivity index (χ3n) is 4.28. The molecular formula is C18H24N4O. The molecule has 0 spiro atoms. The van der Waals surface area contributed by atoms with Crippen LogP contribution in [-0.4, -0.2) is 30.8 Å². The van der Waals surface area contributed by atoms with E-state index in [2.05, 4.69) is 46.6 Å². The molecule has 1 N–H and O–H groups in total.